The summed E-state index contributed by atoms with van der Waals surface area (Å²) in [6, 6.07) is 0.609. The maximum Gasteiger partial charge on any atom is 0.322 e. The number of methoxy groups -OCH3 is 1. The van der Waals surface area contributed by atoms with Gasteiger partial charge in [0.1, 0.15) is 6.04 Å². The number of carbonyl (C=O) groups excluding carboxylic acids is 1. The molecule has 1 unspecified atom stereocenters. The van der Waals surface area contributed by atoms with E-state index in [9.17, 15) is 4.79 Å². The Bertz CT molecular complexity index is 209. The number of rotatable bonds is 8. The minimum absolute atomic E-state index is 0.364. The second-order valence-electron chi connectivity index (χ2n) is 4.63. The topological polar surface area (TPSA) is 61.5 Å². The molecule has 0 saturated carbocycles. The normalized spacial score (nSPS) is 13.6. The Balaban J connectivity index is 3.75. The number of hydrogen-bond acceptors (Lipinski definition) is 4. The third-order valence-electron chi connectivity index (χ3n) is 2.56. The Kier molecular flexibility index (Phi) is 7.62. The van der Waals surface area contributed by atoms with Crippen molar-refractivity contribution in [2.24, 2.45) is 5.73 Å². The van der Waals surface area contributed by atoms with E-state index in [1.807, 2.05) is 0 Å². The SMILES string of the molecule is CCCC[Si](C)(C)OCCC(N)C(=O)OC. The highest BCUT2D eigenvalue weighted by atomic mass is 28.4. The fourth-order valence-electron chi connectivity index (χ4n) is 1.41. The Morgan fingerprint density at radius 1 is 1.44 bits per heavy atom. The van der Waals surface area contributed by atoms with E-state index in [4.69, 9.17) is 10.2 Å². The van der Waals surface area contributed by atoms with Crippen molar-refractivity contribution in [2.75, 3.05) is 13.7 Å². The molecule has 16 heavy (non-hydrogen) atoms. The van der Waals surface area contributed by atoms with Gasteiger partial charge in [-0.15, -0.1) is 0 Å². The van der Waals surface area contributed by atoms with Crippen molar-refractivity contribution < 1.29 is 14.0 Å². The van der Waals surface area contributed by atoms with E-state index in [1.54, 1.807) is 0 Å². The minimum atomic E-state index is -1.54. The van der Waals surface area contributed by atoms with Gasteiger partial charge >= 0.3 is 5.97 Å². The van der Waals surface area contributed by atoms with Gasteiger partial charge in [-0.25, -0.2) is 0 Å². The van der Waals surface area contributed by atoms with Crippen molar-refractivity contribution in [2.45, 2.75) is 51.4 Å². The molecule has 0 aromatic rings. The van der Waals surface area contributed by atoms with Crippen LogP contribution in [0.4, 0.5) is 0 Å². The van der Waals surface area contributed by atoms with Crippen molar-refractivity contribution >= 4 is 14.3 Å². The first-order valence-electron chi connectivity index (χ1n) is 5.90. The van der Waals surface area contributed by atoms with Gasteiger partial charge in [-0.1, -0.05) is 19.8 Å². The minimum Gasteiger partial charge on any atom is -0.468 e. The summed E-state index contributed by atoms with van der Waals surface area (Å²) in [6.45, 7) is 7.13. The van der Waals surface area contributed by atoms with Crippen molar-refractivity contribution in [3.63, 3.8) is 0 Å². The number of hydrogen-bond donors (Lipinski definition) is 1. The van der Waals surface area contributed by atoms with Crippen LogP contribution in [0.15, 0.2) is 0 Å². The van der Waals surface area contributed by atoms with Crippen LogP contribution in [0.2, 0.25) is 19.1 Å². The lowest BCUT2D eigenvalue weighted by Gasteiger charge is -2.23. The van der Waals surface area contributed by atoms with E-state index < -0.39 is 14.4 Å². The van der Waals surface area contributed by atoms with E-state index in [1.165, 1.54) is 20.0 Å². The van der Waals surface area contributed by atoms with Gasteiger partial charge in [0.25, 0.3) is 0 Å². The van der Waals surface area contributed by atoms with Crippen molar-refractivity contribution in [3.8, 4) is 0 Å². The average molecular weight is 247 g/mol. The van der Waals surface area contributed by atoms with Crippen LogP contribution >= 0.6 is 0 Å². The molecule has 0 aliphatic rings. The molecule has 96 valence electrons. The predicted octanol–water partition coefficient (Wildman–Crippen LogP) is 1.90. The molecule has 0 radical (unpaired) electrons. The van der Waals surface area contributed by atoms with Crippen molar-refractivity contribution in [3.05, 3.63) is 0 Å². The lowest BCUT2D eigenvalue weighted by Crippen LogP contribution is -2.36. The van der Waals surface area contributed by atoms with Crippen LogP contribution in [0.5, 0.6) is 0 Å². The summed E-state index contributed by atoms with van der Waals surface area (Å²) in [5.74, 6) is -0.364. The van der Waals surface area contributed by atoms with Gasteiger partial charge in [-0.2, -0.15) is 0 Å². The molecule has 2 N–H and O–H groups in total. The molecule has 5 heteroatoms. The molecule has 0 aliphatic carbocycles. The van der Waals surface area contributed by atoms with Crippen LogP contribution in [0, 0.1) is 0 Å². The van der Waals surface area contributed by atoms with Gasteiger partial charge < -0.3 is 14.9 Å². The van der Waals surface area contributed by atoms with E-state index >= 15 is 0 Å². The Hall–Kier alpha value is -0.393. The highest BCUT2D eigenvalue weighted by molar-refractivity contribution is 6.71. The summed E-state index contributed by atoms with van der Waals surface area (Å²) in [7, 11) is -0.194. The number of esters is 1. The molecule has 0 aromatic heterocycles. The van der Waals surface area contributed by atoms with E-state index in [-0.39, 0.29) is 5.97 Å². The smallest absolute Gasteiger partial charge is 0.322 e. The van der Waals surface area contributed by atoms with Crippen LogP contribution in [-0.2, 0) is 14.0 Å². The monoisotopic (exact) mass is 247 g/mol. The van der Waals surface area contributed by atoms with Crippen LogP contribution in [-0.4, -0.2) is 34.0 Å². The Morgan fingerprint density at radius 3 is 2.56 bits per heavy atom. The predicted molar refractivity (Wildman–Crippen MR) is 67.8 cm³/mol. The summed E-state index contributed by atoms with van der Waals surface area (Å²) < 4.78 is 10.4. The molecular formula is C11H25NO3Si. The molecular weight excluding hydrogens is 222 g/mol. The first kappa shape index (κ1) is 15.6. The number of ether oxygens (including phenoxy) is 1. The van der Waals surface area contributed by atoms with Gasteiger partial charge in [-0.3, -0.25) is 4.79 Å². The highest BCUT2D eigenvalue weighted by Gasteiger charge is 2.22. The molecule has 0 aromatic carbocycles. The lowest BCUT2D eigenvalue weighted by molar-refractivity contribution is -0.142. The second kappa shape index (κ2) is 7.81. The van der Waals surface area contributed by atoms with Gasteiger partial charge in [-0.05, 0) is 25.6 Å². The number of carbonyl (C=O) groups is 1. The second-order valence-corrected chi connectivity index (χ2v) is 8.94. The zero-order valence-corrected chi connectivity index (χ0v) is 11.9. The fraction of sp³-hybridized carbons (Fsp3) is 0.909. The largest absolute Gasteiger partial charge is 0.468 e. The van der Waals surface area contributed by atoms with Crippen molar-refractivity contribution in [1.29, 1.82) is 0 Å². The quantitative estimate of drug-likeness (QED) is 0.525. The van der Waals surface area contributed by atoms with Crippen LogP contribution in [0.3, 0.4) is 0 Å². The highest BCUT2D eigenvalue weighted by Crippen LogP contribution is 2.15. The van der Waals surface area contributed by atoms with E-state index in [0.29, 0.717) is 13.0 Å². The first-order chi connectivity index (χ1) is 7.43. The summed E-state index contributed by atoms with van der Waals surface area (Å²) in [6.07, 6.45) is 2.94. The molecule has 0 saturated heterocycles. The number of nitrogens with two attached hydrogens (primary N) is 1. The molecule has 0 heterocycles. The Morgan fingerprint density at radius 2 is 2.06 bits per heavy atom. The molecule has 0 bridgehead atoms. The lowest BCUT2D eigenvalue weighted by atomic mass is 10.2. The maximum atomic E-state index is 11.0. The summed E-state index contributed by atoms with van der Waals surface area (Å²) >= 11 is 0. The fourth-order valence-corrected chi connectivity index (χ4v) is 3.43. The van der Waals surface area contributed by atoms with Gasteiger partial charge in [0.05, 0.1) is 7.11 Å². The standard InChI is InChI=1S/C11H25NO3Si/c1-5-6-9-16(3,4)15-8-7-10(12)11(13)14-2/h10H,5-9,12H2,1-4H3. The first-order valence-corrected chi connectivity index (χ1v) is 9.02. The van der Waals surface area contributed by atoms with E-state index in [2.05, 4.69) is 24.8 Å². The van der Waals surface area contributed by atoms with Crippen LogP contribution in [0.25, 0.3) is 0 Å². The average Bonchev–Trinajstić information content (AvgIpc) is 2.24. The molecule has 0 rings (SSSR count). The van der Waals surface area contributed by atoms with Crippen LogP contribution in [0.1, 0.15) is 26.2 Å². The molecule has 0 fully saturated rings. The van der Waals surface area contributed by atoms with Crippen LogP contribution < -0.4 is 5.73 Å². The zero-order valence-electron chi connectivity index (χ0n) is 10.9. The molecule has 0 amide bonds. The summed E-state index contributed by atoms with van der Waals surface area (Å²) in [4.78, 5) is 11.0. The summed E-state index contributed by atoms with van der Waals surface area (Å²) in [5.41, 5.74) is 5.62. The summed E-state index contributed by atoms with van der Waals surface area (Å²) in [5, 5.41) is 0. The van der Waals surface area contributed by atoms with Gasteiger partial charge in [0, 0.05) is 6.61 Å². The van der Waals surface area contributed by atoms with E-state index in [0.717, 1.165) is 6.04 Å². The van der Waals surface area contributed by atoms with Gasteiger partial charge in [0.15, 0.2) is 8.32 Å². The molecule has 0 spiro atoms. The Labute approximate surface area is 99.6 Å². The molecule has 1 atom stereocenters. The molecule has 4 nitrogen and oxygen atoms in total. The van der Waals surface area contributed by atoms with Crippen molar-refractivity contribution in [1.82, 2.24) is 0 Å². The zero-order chi connectivity index (χ0) is 12.6. The number of unbranched alkanes of at least 4 members (excludes halogenated alkanes) is 1. The maximum absolute atomic E-state index is 11.0. The van der Waals surface area contributed by atoms with Gasteiger partial charge in [0.2, 0.25) is 0 Å². The molecule has 0 aliphatic heterocycles. The third-order valence-corrected chi connectivity index (χ3v) is 5.10. The third kappa shape index (κ3) is 6.98.